The molecule has 1 N–H and O–H groups in total. The number of rotatable bonds is 5. The fraction of sp³-hybridized carbons (Fsp3) is 0.115. The van der Waals surface area contributed by atoms with Gasteiger partial charge in [0, 0.05) is 10.6 Å². The van der Waals surface area contributed by atoms with Crippen LogP contribution in [-0.2, 0) is 16.2 Å². The molecule has 6 nitrogen and oxygen atoms in total. The second-order valence-electron chi connectivity index (χ2n) is 7.70. The quantitative estimate of drug-likeness (QED) is 0.419. The first-order chi connectivity index (χ1) is 15.8. The topological polar surface area (TPSA) is 75.7 Å². The van der Waals surface area contributed by atoms with Crippen LogP contribution in [-0.4, -0.2) is 17.8 Å². The minimum Gasteiger partial charge on any atom is -0.488 e. The highest BCUT2D eigenvalue weighted by atomic mass is 35.5. The lowest BCUT2D eigenvalue weighted by Crippen LogP contribution is -2.54. The molecule has 0 aliphatic carbocycles. The van der Waals surface area contributed by atoms with E-state index >= 15 is 0 Å². The van der Waals surface area contributed by atoms with Crippen molar-refractivity contribution in [2.45, 2.75) is 20.5 Å². The van der Waals surface area contributed by atoms with Gasteiger partial charge >= 0.3 is 6.03 Å². The first-order valence-corrected chi connectivity index (χ1v) is 10.7. The molecule has 0 atom stereocenters. The Balaban J connectivity index is 1.66. The number of hydrogen-bond donors (Lipinski definition) is 1. The molecule has 4 rings (SSSR count). The molecule has 1 aliphatic rings. The average molecular weight is 461 g/mol. The van der Waals surface area contributed by atoms with Crippen molar-refractivity contribution < 1.29 is 19.1 Å². The van der Waals surface area contributed by atoms with Crippen LogP contribution in [0.25, 0.3) is 6.08 Å². The average Bonchev–Trinajstić information content (AvgIpc) is 2.77. The minimum atomic E-state index is -0.778. The third-order valence-electron chi connectivity index (χ3n) is 5.20. The molecule has 1 fully saturated rings. The van der Waals surface area contributed by atoms with Gasteiger partial charge in [0.2, 0.25) is 0 Å². The molecular weight excluding hydrogens is 440 g/mol. The summed E-state index contributed by atoms with van der Waals surface area (Å²) in [5, 5.41) is 2.86. The number of urea groups is 1. The zero-order valence-electron chi connectivity index (χ0n) is 18.1. The zero-order valence-corrected chi connectivity index (χ0v) is 18.8. The Bertz CT molecular complexity index is 1300. The van der Waals surface area contributed by atoms with Crippen molar-refractivity contribution in [1.29, 1.82) is 0 Å². The summed E-state index contributed by atoms with van der Waals surface area (Å²) in [5.41, 5.74) is 3.42. The van der Waals surface area contributed by atoms with Gasteiger partial charge in [-0.25, -0.2) is 9.69 Å². The van der Waals surface area contributed by atoms with Crippen LogP contribution < -0.4 is 15.0 Å². The molecule has 0 radical (unpaired) electrons. The number of aryl methyl sites for hydroxylation is 2. The number of para-hydroxylation sites is 1. The van der Waals surface area contributed by atoms with Gasteiger partial charge in [-0.05, 0) is 55.3 Å². The van der Waals surface area contributed by atoms with E-state index in [0.717, 1.165) is 21.6 Å². The fourth-order valence-electron chi connectivity index (χ4n) is 3.61. The lowest BCUT2D eigenvalue weighted by Gasteiger charge is -2.27. The predicted molar refractivity (Wildman–Crippen MR) is 127 cm³/mol. The number of carbonyl (C=O) groups excluding carboxylic acids is 3. The van der Waals surface area contributed by atoms with E-state index in [4.69, 9.17) is 16.3 Å². The first-order valence-electron chi connectivity index (χ1n) is 10.3. The summed E-state index contributed by atoms with van der Waals surface area (Å²) in [4.78, 5) is 39.3. The summed E-state index contributed by atoms with van der Waals surface area (Å²) in [6.07, 6.45) is 1.44. The van der Waals surface area contributed by atoms with E-state index in [2.05, 4.69) is 5.32 Å². The summed E-state index contributed by atoms with van der Waals surface area (Å²) in [6.45, 7) is 3.99. The van der Waals surface area contributed by atoms with E-state index < -0.39 is 17.8 Å². The maximum absolute atomic E-state index is 13.2. The van der Waals surface area contributed by atoms with E-state index in [1.54, 1.807) is 42.5 Å². The monoisotopic (exact) mass is 460 g/mol. The number of imide groups is 2. The van der Waals surface area contributed by atoms with Crippen molar-refractivity contribution in [2.24, 2.45) is 0 Å². The molecule has 3 aromatic rings. The van der Waals surface area contributed by atoms with Crippen LogP contribution in [0.1, 0.15) is 22.3 Å². The van der Waals surface area contributed by atoms with Gasteiger partial charge in [0.05, 0.1) is 5.69 Å². The van der Waals surface area contributed by atoms with Crippen LogP contribution in [0.5, 0.6) is 5.75 Å². The lowest BCUT2D eigenvalue weighted by molar-refractivity contribution is -0.122. The molecule has 1 heterocycles. The van der Waals surface area contributed by atoms with Gasteiger partial charge in [-0.2, -0.15) is 0 Å². The zero-order chi connectivity index (χ0) is 23.5. The molecule has 0 unspecified atom stereocenters. The predicted octanol–water partition coefficient (Wildman–Crippen LogP) is 5.20. The van der Waals surface area contributed by atoms with E-state index in [0.29, 0.717) is 22.0 Å². The van der Waals surface area contributed by atoms with Gasteiger partial charge in [0.1, 0.15) is 17.9 Å². The molecule has 0 saturated carbocycles. The molecule has 0 aromatic heterocycles. The Hall–Kier alpha value is -3.90. The van der Waals surface area contributed by atoms with Crippen molar-refractivity contribution in [3.63, 3.8) is 0 Å². The van der Waals surface area contributed by atoms with Crippen LogP contribution in [0.15, 0.2) is 72.3 Å². The number of nitrogens with one attached hydrogen (secondary N) is 1. The number of ether oxygens (including phenoxy) is 1. The fourth-order valence-corrected chi connectivity index (χ4v) is 3.82. The molecule has 33 heavy (non-hydrogen) atoms. The largest absolute Gasteiger partial charge is 0.488 e. The highest BCUT2D eigenvalue weighted by Crippen LogP contribution is 2.28. The Morgan fingerprint density at radius 2 is 1.76 bits per heavy atom. The summed E-state index contributed by atoms with van der Waals surface area (Å²) in [5.74, 6) is -0.962. The van der Waals surface area contributed by atoms with Crippen LogP contribution in [0.2, 0.25) is 5.02 Å². The normalized spacial score (nSPS) is 15.1. The Kier molecular flexibility index (Phi) is 6.29. The van der Waals surface area contributed by atoms with Gasteiger partial charge in [-0.15, -0.1) is 0 Å². The summed E-state index contributed by atoms with van der Waals surface area (Å²) < 4.78 is 5.93. The number of benzene rings is 3. The van der Waals surface area contributed by atoms with Crippen molar-refractivity contribution in [3.05, 3.63) is 99.6 Å². The molecular formula is C26H21ClN2O4. The molecule has 1 saturated heterocycles. The van der Waals surface area contributed by atoms with E-state index in [9.17, 15) is 14.4 Å². The van der Waals surface area contributed by atoms with Gasteiger partial charge in [-0.3, -0.25) is 14.9 Å². The van der Waals surface area contributed by atoms with Crippen LogP contribution >= 0.6 is 11.6 Å². The van der Waals surface area contributed by atoms with Crippen LogP contribution in [0, 0.1) is 13.8 Å². The third kappa shape index (κ3) is 4.81. The van der Waals surface area contributed by atoms with Gasteiger partial charge in [0.15, 0.2) is 0 Å². The first kappa shape index (κ1) is 22.3. The molecule has 1 aliphatic heterocycles. The number of anilines is 1. The van der Waals surface area contributed by atoms with E-state index in [1.807, 2.05) is 38.1 Å². The maximum atomic E-state index is 13.2. The number of carbonyl (C=O) groups is 3. The van der Waals surface area contributed by atoms with E-state index in [-0.39, 0.29) is 12.2 Å². The molecule has 0 spiro atoms. The summed E-state index contributed by atoms with van der Waals surface area (Å²) in [7, 11) is 0. The van der Waals surface area contributed by atoms with E-state index in [1.165, 1.54) is 6.08 Å². The highest BCUT2D eigenvalue weighted by molar-refractivity contribution is 6.39. The van der Waals surface area contributed by atoms with Gasteiger partial charge < -0.3 is 4.74 Å². The second kappa shape index (κ2) is 9.30. The number of amides is 4. The number of nitrogens with zero attached hydrogens (tertiary/aromatic N) is 1. The minimum absolute atomic E-state index is 0.159. The van der Waals surface area contributed by atoms with Gasteiger partial charge in [-0.1, -0.05) is 59.6 Å². The molecule has 4 amide bonds. The maximum Gasteiger partial charge on any atom is 0.335 e. The van der Waals surface area contributed by atoms with Crippen molar-refractivity contribution >= 4 is 41.2 Å². The lowest BCUT2D eigenvalue weighted by atomic mass is 10.0. The Morgan fingerprint density at radius 1 is 0.970 bits per heavy atom. The van der Waals surface area contributed by atoms with Crippen LogP contribution in [0.4, 0.5) is 10.5 Å². The molecule has 0 bridgehead atoms. The summed E-state index contributed by atoms with van der Waals surface area (Å²) >= 11 is 6.04. The molecule has 7 heteroatoms. The third-order valence-corrected chi connectivity index (χ3v) is 5.43. The number of barbiturate groups is 1. The van der Waals surface area contributed by atoms with Crippen molar-refractivity contribution in [1.82, 2.24) is 5.32 Å². The Labute approximate surface area is 196 Å². The van der Waals surface area contributed by atoms with Crippen molar-refractivity contribution in [2.75, 3.05) is 4.90 Å². The van der Waals surface area contributed by atoms with Gasteiger partial charge in [0.25, 0.3) is 11.8 Å². The SMILES string of the molecule is Cc1ccc(N2C(=O)NC(=O)/C(=C\c3ccccc3OCc3cccc(Cl)c3)C2=O)c(C)c1. The van der Waals surface area contributed by atoms with Crippen LogP contribution in [0.3, 0.4) is 0 Å². The van der Waals surface area contributed by atoms with Crippen molar-refractivity contribution in [3.8, 4) is 5.75 Å². The Morgan fingerprint density at radius 3 is 2.52 bits per heavy atom. The highest BCUT2D eigenvalue weighted by Gasteiger charge is 2.37. The number of hydrogen-bond acceptors (Lipinski definition) is 4. The second-order valence-corrected chi connectivity index (χ2v) is 8.14. The smallest absolute Gasteiger partial charge is 0.335 e. The summed E-state index contributed by atoms with van der Waals surface area (Å²) in [6, 6.07) is 18.9. The molecule has 3 aromatic carbocycles. The number of halogens is 1. The standard InChI is InChI=1S/C26H21ClN2O4/c1-16-10-11-22(17(2)12-16)29-25(31)21(24(30)28-26(29)32)14-19-7-3-4-9-23(19)33-15-18-6-5-8-20(27)13-18/h3-14H,15H2,1-2H3,(H,28,30,32)/b21-14+. The molecule has 166 valence electrons.